The summed E-state index contributed by atoms with van der Waals surface area (Å²) in [5.41, 5.74) is 0.763. The average Bonchev–Trinajstić information content (AvgIpc) is 2.57. The Labute approximate surface area is 153 Å². The summed E-state index contributed by atoms with van der Waals surface area (Å²) in [6, 6.07) is 7.89. The van der Waals surface area contributed by atoms with E-state index in [1.54, 1.807) is 16.7 Å². The third-order valence-corrected chi connectivity index (χ3v) is 5.76. The number of hydrogen-bond donors (Lipinski definition) is 0. The minimum absolute atomic E-state index is 0.0357. The Hall–Kier alpha value is -1.20. The fourth-order valence-corrected chi connectivity index (χ4v) is 4.59. The highest BCUT2D eigenvalue weighted by Gasteiger charge is 2.35. The molecule has 0 bridgehead atoms. The van der Waals surface area contributed by atoms with Gasteiger partial charge in [-0.25, -0.2) is 4.79 Å². The lowest BCUT2D eigenvalue weighted by Gasteiger charge is -2.38. The first-order valence-corrected chi connectivity index (χ1v) is 10.00. The normalized spacial score (nSPS) is 21.8. The van der Waals surface area contributed by atoms with Gasteiger partial charge >= 0.3 is 6.03 Å². The summed E-state index contributed by atoms with van der Waals surface area (Å²) in [4.78, 5) is 21.5. The van der Waals surface area contributed by atoms with Gasteiger partial charge in [0.2, 0.25) is 0 Å². The van der Waals surface area contributed by atoms with Crippen molar-refractivity contribution in [2.45, 2.75) is 58.0 Å². The number of carbonyl (C=O) groups excluding carboxylic acids is 1. The van der Waals surface area contributed by atoms with Gasteiger partial charge in [-0.05, 0) is 38.8 Å². The lowest BCUT2D eigenvalue weighted by Crippen LogP contribution is -2.53. The van der Waals surface area contributed by atoms with Crippen LogP contribution in [0.4, 0.5) is 10.5 Å². The second-order valence-electron chi connectivity index (χ2n) is 6.60. The number of carbonyl (C=O) groups is 1. The van der Waals surface area contributed by atoms with Crippen LogP contribution < -0.4 is 4.90 Å². The van der Waals surface area contributed by atoms with E-state index in [0.29, 0.717) is 16.9 Å². The van der Waals surface area contributed by atoms with Crippen LogP contribution in [0.1, 0.15) is 46.0 Å². The zero-order chi connectivity index (χ0) is 17.1. The number of anilines is 1. The zero-order valence-corrected chi connectivity index (χ0v) is 15.8. The van der Waals surface area contributed by atoms with Crippen LogP contribution in [0.3, 0.4) is 0 Å². The van der Waals surface area contributed by atoms with E-state index in [1.165, 1.54) is 19.3 Å². The monoisotopic (exact) mass is 365 g/mol. The predicted octanol–water partition coefficient (Wildman–Crippen LogP) is 5.37. The third kappa shape index (κ3) is 3.72. The first kappa shape index (κ1) is 17.6. The van der Waals surface area contributed by atoms with E-state index in [4.69, 9.17) is 16.6 Å². The number of amidine groups is 1. The van der Waals surface area contributed by atoms with Crippen molar-refractivity contribution in [2.75, 3.05) is 10.8 Å². The smallest absolute Gasteiger partial charge is 0.282 e. The van der Waals surface area contributed by atoms with Gasteiger partial charge < -0.3 is 0 Å². The summed E-state index contributed by atoms with van der Waals surface area (Å²) >= 11 is 7.92. The highest BCUT2D eigenvalue weighted by molar-refractivity contribution is 8.14. The van der Waals surface area contributed by atoms with Crippen LogP contribution in [0, 0.1) is 0 Å². The topological polar surface area (TPSA) is 35.9 Å². The Morgan fingerprint density at radius 3 is 2.58 bits per heavy atom. The molecular weight excluding hydrogens is 342 g/mol. The molecule has 0 aromatic heterocycles. The summed E-state index contributed by atoms with van der Waals surface area (Å²) in [5, 5.41) is 1.47. The highest BCUT2D eigenvalue weighted by Crippen LogP contribution is 2.33. The van der Waals surface area contributed by atoms with E-state index >= 15 is 0 Å². The molecule has 1 aliphatic carbocycles. The standard InChI is InChI=1S/C18H24ClN3OS/c1-13(2)22-17(20-14-8-4-3-5-9-14)24-12-21(18(22)23)16-11-7-6-10-15(16)19/h6-7,10-11,13-14H,3-5,8-9,12H2,1-2H3/b20-17-. The van der Waals surface area contributed by atoms with Crippen LogP contribution in [-0.2, 0) is 0 Å². The van der Waals surface area contributed by atoms with E-state index in [2.05, 4.69) is 0 Å². The number of thioether (sulfide) groups is 1. The van der Waals surface area contributed by atoms with Crippen molar-refractivity contribution in [3.8, 4) is 0 Å². The number of amides is 2. The zero-order valence-electron chi connectivity index (χ0n) is 14.2. The molecule has 0 N–H and O–H groups in total. The fourth-order valence-electron chi connectivity index (χ4n) is 3.21. The van der Waals surface area contributed by atoms with E-state index < -0.39 is 0 Å². The first-order valence-electron chi connectivity index (χ1n) is 8.64. The second-order valence-corrected chi connectivity index (χ2v) is 7.92. The summed E-state index contributed by atoms with van der Waals surface area (Å²) in [5.74, 6) is 0.553. The number of halogens is 1. The molecule has 1 saturated carbocycles. The molecule has 130 valence electrons. The summed E-state index contributed by atoms with van der Waals surface area (Å²) in [6.07, 6.45) is 6.07. The van der Waals surface area contributed by atoms with Crippen molar-refractivity contribution in [1.82, 2.24) is 4.90 Å². The van der Waals surface area contributed by atoms with Crippen LogP contribution in [-0.4, -0.2) is 34.1 Å². The molecule has 1 aromatic carbocycles. The fraction of sp³-hybridized carbons (Fsp3) is 0.556. The van der Waals surface area contributed by atoms with Gasteiger partial charge in [0.25, 0.3) is 0 Å². The number of para-hydroxylation sites is 1. The number of urea groups is 1. The molecular formula is C18H24ClN3OS. The van der Waals surface area contributed by atoms with Crippen molar-refractivity contribution in [3.63, 3.8) is 0 Å². The molecule has 2 fully saturated rings. The number of rotatable bonds is 3. The average molecular weight is 366 g/mol. The van der Waals surface area contributed by atoms with Gasteiger partial charge in [-0.3, -0.25) is 14.8 Å². The lowest BCUT2D eigenvalue weighted by molar-refractivity contribution is 0.220. The highest BCUT2D eigenvalue weighted by atomic mass is 35.5. The van der Waals surface area contributed by atoms with Crippen LogP contribution in [0.15, 0.2) is 29.3 Å². The van der Waals surface area contributed by atoms with Crippen LogP contribution in [0.2, 0.25) is 5.02 Å². The molecule has 2 amide bonds. The number of aliphatic imine (C=N–C) groups is 1. The Bertz CT molecular complexity index is 628. The Kier molecular flexibility index (Phi) is 5.72. The van der Waals surface area contributed by atoms with Crippen LogP contribution in [0.5, 0.6) is 0 Å². The minimum atomic E-state index is -0.0357. The van der Waals surface area contributed by atoms with E-state index in [-0.39, 0.29) is 12.1 Å². The SMILES string of the molecule is CC(C)N1C(=O)N(c2ccccc2Cl)CS/C1=N\C1CCCCC1. The van der Waals surface area contributed by atoms with Crippen LogP contribution >= 0.6 is 23.4 Å². The molecule has 4 nitrogen and oxygen atoms in total. The third-order valence-electron chi connectivity index (χ3n) is 4.49. The lowest BCUT2D eigenvalue weighted by atomic mass is 9.96. The second kappa shape index (κ2) is 7.79. The van der Waals surface area contributed by atoms with Gasteiger partial charge in [0, 0.05) is 6.04 Å². The molecule has 24 heavy (non-hydrogen) atoms. The molecule has 2 aliphatic rings. The summed E-state index contributed by atoms with van der Waals surface area (Å²) in [6.45, 7) is 4.07. The molecule has 1 heterocycles. The molecule has 1 aromatic rings. The molecule has 1 aliphatic heterocycles. The quantitative estimate of drug-likeness (QED) is 0.721. The minimum Gasteiger partial charge on any atom is -0.282 e. The molecule has 0 atom stereocenters. The molecule has 3 rings (SSSR count). The van der Waals surface area contributed by atoms with E-state index in [0.717, 1.165) is 23.7 Å². The predicted molar refractivity (Wildman–Crippen MR) is 103 cm³/mol. The molecule has 0 spiro atoms. The van der Waals surface area contributed by atoms with Gasteiger partial charge in [0.05, 0.1) is 22.6 Å². The summed E-state index contributed by atoms with van der Waals surface area (Å²) in [7, 11) is 0. The maximum atomic E-state index is 13.1. The molecule has 6 heteroatoms. The van der Waals surface area contributed by atoms with E-state index in [9.17, 15) is 4.79 Å². The van der Waals surface area contributed by atoms with Crippen molar-refractivity contribution < 1.29 is 4.79 Å². The van der Waals surface area contributed by atoms with Crippen molar-refractivity contribution in [2.24, 2.45) is 4.99 Å². The van der Waals surface area contributed by atoms with Crippen molar-refractivity contribution >= 4 is 40.2 Å². The maximum absolute atomic E-state index is 13.1. The van der Waals surface area contributed by atoms with Gasteiger partial charge in [-0.2, -0.15) is 0 Å². The summed E-state index contributed by atoms with van der Waals surface area (Å²) < 4.78 is 0. The maximum Gasteiger partial charge on any atom is 0.331 e. The van der Waals surface area contributed by atoms with Crippen molar-refractivity contribution in [1.29, 1.82) is 0 Å². The first-order chi connectivity index (χ1) is 11.6. The van der Waals surface area contributed by atoms with Gasteiger partial charge in [0.15, 0.2) is 5.17 Å². The van der Waals surface area contributed by atoms with Crippen LogP contribution in [0.25, 0.3) is 0 Å². The number of nitrogens with zero attached hydrogens (tertiary/aromatic N) is 3. The Balaban J connectivity index is 1.85. The largest absolute Gasteiger partial charge is 0.331 e. The molecule has 0 unspecified atom stereocenters. The Morgan fingerprint density at radius 1 is 1.21 bits per heavy atom. The number of benzene rings is 1. The Morgan fingerprint density at radius 2 is 1.92 bits per heavy atom. The molecule has 1 saturated heterocycles. The van der Waals surface area contributed by atoms with Crippen molar-refractivity contribution in [3.05, 3.63) is 29.3 Å². The van der Waals surface area contributed by atoms with E-state index in [1.807, 2.05) is 43.0 Å². The van der Waals surface area contributed by atoms with Gasteiger partial charge in [0.1, 0.15) is 0 Å². The van der Waals surface area contributed by atoms with Gasteiger partial charge in [-0.15, -0.1) is 0 Å². The number of hydrogen-bond acceptors (Lipinski definition) is 3. The molecule has 0 radical (unpaired) electrons. The van der Waals surface area contributed by atoms with Gasteiger partial charge in [-0.1, -0.05) is 54.8 Å².